The Balaban J connectivity index is 2.01. The lowest BCUT2D eigenvalue weighted by molar-refractivity contribution is 0.0605. The van der Waals surface area contributed by atoms with Gasteiger partial charge in [-0.25, -0.2) is 9.97 Å². The minimum atomic E-state index is -0.277. The van der Waals surface area contributed by atoms with Gasteiger partial charge in [0.2, 0.25) is 0 Å². The Kier molecular flexibility index (Phi) is 3.17. The first kappa shape index (κ1) is 13.9. The smallest absolute Gasteiger partial charge is 0.256 e. The average molecular weight is 285 g/mol. The van der Waals surface area contributed by atoms with E-state index in [1.807, 2.05) is 45.9 Å². The molecule has 0 saturated carbocycles. The van der Waals surface area contributed by atoms with Crippen LogP contribution in [-0.2, 0) is 4.74 Å². The lowest BCUT2D eigenvalue weighted by Gasteiger charge is -2.29. The highest BCUT2D eigenvalue weighted by molar-refractivity contribution is 5.97. The maximum absolute atomic E-state index is 12.7. The summed E-state index contributed by atoms with van der Waals surface area (Å²) in [5.41, 5.74) is 3.71. The molecule has 1 aliphatic heterocycles. The van der Waals surface area contributed by atoms with Crippen LogP contribution in [0.2, 0.25) is 0 Å². The molecule has 0 aliphatic carbocycles. The van der Waals surface area contributed by atoms with E-state index in [0.717, 1.165) is 22.4 Å². The highest BCUT2D eigenvalue weighted by atomic mass is 16.5. The lowest BCUT2D eigenvalue weighted by Crippen LogP contribution is -2.44. The number of carbonyl (C=O) groups is 1. The lowest BCUT2D eigenvalue weighted by atomic mass is 10.0. The first-order valence-corrected chi connectivity index (χ1v) is 7.03. The summed E-state index contributed by atoms with van der Waals surface area (Å²) in [6.07, 6.45) is 0. The molecule has 0 N–H and O–H groups in total. The van der Waals surface area contributed by atoms with Crippen molar-refractivity contribution in [3.05, 3.63) is 35.2 Å². The summed E-state index contributed by atoms with van der Waals surface area (Å²) < 4.78 is 5.41. The van der Waals surface area contributed by atoms with Crippen LogP contribution in [0, 0.1) is 13.8 Å². The summed E-state index contributed by atoms with van der Waals surface area (Å²) in [6.45, 7) is 8.77. The maximum atomic E-state index is 12.7. The third-order valence-corrected chi connectivity index (χ3v) is 3.97. The Morgan fingerprint density at radius 1 is 1.19 bits per heavy atom. The number of ether oxygens (including phenoxy) is 1. The van der Waals surface area contributed by atoms with E-state index in [1.165, 1.54) is 0 Å². The van der Waals surface area contributed by atoms with Crippen molar-refractivity contribution in [2.45, 2.75) is 33.2 Å². The first-order chi connectivity index (χ1) is 9.88. The van der Waals surface area contributed by atoms with E-state index in [1.54, 1.807) is 4.90 Å². The van der Waals surface area contributed by atoms with Crippen molar-refractivity contribution in [3.63, 3.8) is 0 Å². The highest BCUT2D eigenvalue weighted by Gasteiger charge is 2.36. The van der Waals surface area contributed by atoms with Crippen molar-refractivity contribution in [2.75, 3.05) is 13.3 Å². The van der Waals surface area contributed by atoms with Gasteiger partial charge in [0.15, 0.2) is 0 Å². The molecule has 5 heteroatoms. The van der Waals surface area contributed by atoms with Crippen LogP contribution in [0.3, 0.4) is 0 Å². The Labute approximate surface area is 124 Å². The second-order valence-electron chi connectivity index (χ2n) is 6.12. The Morgan fingerprint density at radius 3 is 2.48 bits per heavy atom. The molecular formula is C16H19N3O2. The van der Waals surface area contributed by atoms with Crippen LogP contribution in [0.15, 0.2) is 18.2 Å². The van der Waals surface area contributed by atoms with Crippen LogP contribution in [0.5, 0.6) is 0 Å². The third kappa shape index (κ3) is 2.38. The second-order valence-corrected chi connectivity index (χ2v) is 6.12. The third-order valence-electron chi connectivity index (χ3n) is 3.97. The number of amides is 1. The number of carbonyl (C=O) groups excluding carboxylic acids is 1. The zero-order chi connectivity index (χ0) is 15.2. The number of benzene rings is 1. The van der Waals surface area contributed by atoms with E-state index in [4.69, 9.17) is 4.74 Å². The van der Waals surface area contributed by atoms with Gasteiger partial charge in [-0.2, -0.15) is 0 Å². The molecule has 5 nitrogen and oxygen atoms in total. The molecule has 110 valence electrons. The summed E-state index contributed by atoms with van der Waals surface area (Å²) >= 11 is 0. The van der Waals surface area contributed by atoms with Crippen molar-refractivity contribution < 1.29 is 9.53 Å². The van der Waals surface area contributed by atoms with E-state index in [-0.39, 0.29) is 11.4 Å². The molecule has 21 heavy (non-hydrogen) atoms. The van der Waals surface area contributed by atoms with Crippen LogP contribution in [0.1, 0.15) is 35.6 Å². The first-order valence-electron chi connectivity index (χ1n) is 7.03. The van der Waals surface area contributed by atoms with Crippen LogP contribution in [0.4, 0.5) is 0 Å². The predicted molar refractivity (Wildman–Crippen MR) is 80.1 cm³/mol. The quantitative estimate of drug-likeness (QED) is 0.807. The fraction of sp³-hybridized carbons (Fsp3) is 0.438. The van der Waals surface area contributed by atoms with E-state index in [2.05, 4.69) is 9.97 Å². The van der Waals surface area contributed by atoms with Crippen LogP contribution >= 0.6 is 0 Å². The van der Waals surface area contributed by atoms with Crippen molar-refractivity contribution in [3.8, 4) is 0 Å². The molecule has 0 atom stereocenters. The monoisotopic (exact) mass is 285 g/mol. The zero-order valence-corrected chi connectivity index (χ0v) is 12.8. The van der Waals surface area contributed by atoms with Crippen molar-refractivity contribution in [1.29, 1.82) is 0 Å². The highest BCUT2D eigenvalue weighted by Crippen LogP contribution is 2.25. The van der Waals surface area contributed by atoms with E-state index in [0.29, 0.717) is 18.9 Å². The van der Waals surface area contributed by atoms with E-state index < -0.39 is 0 Å². The fourth-order valence-corrected chi connectivity index (χ4v) is 2.49. The minimum Gasteiger partial charge on any atom is -0.359 e. The largest absolute Gasteiger partial charge is 0.359 e. The number of hydrogen-bond acceptors (Lipinski definition) is 4. The van der Waals surface area contributed by atoms with Gasteiger partial charge in [0.1, 0.15) is 6.73 Å². The van der Waals surface area contributed by atoms with Gasteiger partial charge in [0, 0.05) is 5.56 Å². The number of nitrogens with zero attached hydrogens (tertiary/aromatic N) is 3. The van der Waals surface area contributed by atoms with Crippen molar-refractivity contribution >= 4 is 16.9 Å². The van der Waals surface area contributed by atoms with Gasteiger partial charge < -0.3 is 9.64 Å². The normalized spacial score (nSPS) is 17.4. The standard InChI is InChI=1S/C16H19N3O2/c1-10-11(2)18-14-7-12(5-6-13(14)17-10)15(20)19-9-21-8-16(19,3)4/h5-7H,8-9H2,1-4H3. The summed E-state index contributed by atoms with van der Waals surface area (Å²) in [7, 11) is 0. The van der Waals surface area contributed by atoms with Gasteiger partial charge in [0.05, 0.1) is 34.6 Å². The second kappa shape index (κ2) is 4.77. The van der Waals surface area contributed by atoms with Crippen molar-refractivity contribution in [2.24, 2.45) is 0 Å². The molecule has 0 bridgehead atoms. The summed E-state index contributed by atoms with van der Waals surface area (Å²) in [5, 5.41) is 0. The fourth-order valence-electron chi connectivity index (χ4n) is 2.49. The molecule has 2 aromatic rings. The number of aromatic nitrogens is 2. The predicted octanol–water partition coefficient (Wildman–Crippen LogP) is 2.46. The Bertz CT molecular complexity index is 725. The van der Waals surface area contributed by atoms with Gasteiger partial charge >= 0.3 is 0 Å². The molecule has 1 aliphatic rings. The molecular weight excluding hydrogens is 266 g/mol. The number of hydrogen-bond donors (Lipinski definition) is 0. The number of fused-ring (bicyclic) bond motifs is 1. The summed E-state index contributed by atoms with van der Waals surface area (Å²) in [5.74, 6) is -0.0283. The Morgan fingerprint density at radius 2 is 1.86 bits per heavy atom. The zero-order valence-electron chi connectivity index (χ0n) is 12.8. The van der Waals surface area contributed by atoms with E-state index >= 15 is 0 Å². The van der Waals surface area contributed by atoms with Gasteiger partial charge in [0.25, 0.3) is 5.91 Å². The maximum Gasteiger partial charge on any atom is 0.256 e. The van der Waals surface area contributed by atoms with Gasteiger partial charge in [-0.15, -0.1) is 0 Å². The number of aryl methyl sites for hydroxylation is 2. The molecule has 0 radical (unpaired) electrons. The minimum absolute atomic E-state index is 0.0283. The van der Waals surface area contributed by atoms with Gasteiger partial charge in [-0.3, -0.25) is 4.79 Å². The van der Waals surface area contributed by atoms with Gasteiger partial charge in [-0.1, -0.05) is 0 Å². The van der Waals surface area contributed by atoms with Crippen LogP contribution in [0.25, 0.3) is 11.0 Å². The summed E-state index contributed by atoms with van der Waals surface area (Å²) in [6, 6.07) is 5.47. The molecule has 0 unspecified atom stereocenters. The molecule has 2 heterocycles. The molecule has 0 spiro atoms. The molecule has 1 aromatic carbocycles. The molecule has 3 rings (SSSR count). The SMILES string of the molecule is Cc1nc2ccc(C(=O)N3COCC3(C)C)cc2nc1C. The Hall–Kier alpha value is -2.01. The van der Waals surface area contributed by atoms with E-state index in [9.17, 15) is 4.79 Å². The topological polar surface area (TPSA) is 55.3 Å². The van der Waals surface area contributed by atoms with Crippen LogP contribution in [-0.4, -0.2) is 39.7 Å². The number of rotatable bonds is 1. The molecule has 1 aromatic heterocycles. The van der Waals surface area contributed by atoms with Crippen molar-refractivity contribution in [1.82, 2.24) is 14.9 Å². The summed E-state index contributed by atoms with van der Waals surface area (Å²) in [4.78, 5) is 23.4. The van der Waals surface area contributed by atoms with Crippen LogP contribution < -0.4 is 0 Å². The molecule has 1 saturated heterocycles. The molecule has 1 fully saturated rings. The van der Waals surface area contributed by atoms with Gasteiger partial charge in [-0.05, 0) is 45.9 Å². The molecule has 1 amide bonds. The average Bonchev–Trinajstić information content (AvgIpc) is 2.78.